The lowest BCUT2D eigenvalue weighted by molar-refractivity contribution is 0.496. The summed E-state index contributed by atoms with van der Waals surface area (Å²) in [5.74, 6) is 6.96. The Balaban J connectivity index is 0.00000304. The van der Waals surface area contributed by atoms with Gasteiger partial charge in [0.15, 0.2) is 11.2 Å². The van der Waals surface area contributed by atoms with Crippen molar-refractivity contribution in [3.8, 4) is 11.8 Å². The molecule has 1 saturated heterocycles. The van der Waals surface area contributed by atoms with Gasteiger partial charge >= 0.3 is 5.69 Å². The largest absolute Gasteiger partial charge is 0.341 e. The molecule has 4 heterocycles. The molecule has 1 aromatic carbocycles. The van der Waals surface area contributed by atoms with Gasteiger partial charge in [-0.2, -0.15) is 4.98 Å². The number of piperidine rings is 1. The molecule has 0 saturated carbocycles. The van der Waals surface area contributed by atoms with Crippen LogP contribution in [0.1, 0.15) is 31.3 Å². The molecule has 188 valence electrons. The molecule has 0 bridgehead atoms. The molecule has 10 nitrogen and oxygen atoms in total. The van der Waals surface area contributed by atoms with Crippen LogP contribution in [0.5, 0.6) is 0 Å². The fourth-order valence-electron chi connectivity index (χ4n) is 4.75. The van der Waals surface area contributed by atoms with Crippen molar-refractivity contribution in [3.05, 3.63) is 56.6 Å². The lowest BCUT2D eigenvalue weighted by atomic mass is 10.1. The number of nitrogens with two attached hydrogens (primary N) is 1. The highest BCUT2D eigenvalue weighted by Crippen LogP contribution is 2.23. The minimum Gasteiger partial charge on any atom is -0.341 e. The molecule has 36 heavy (non-hydrogen) atoms. The van der Waals surface area contributed by atoms with Crippen molar-refractivity contribution in [2.24, 2.45) is 12.8 Å². The highest BCUT2D eigenvalue weighted by atomic mass is 35.5. The van der Waals surface area contributed by atoms with Crippen LogP contribution in [0.3, 0.4) is 0 Å². The van der Waals surface area contributed by atoms with E-state index in [1.807, 2.05) is 31.2 Å². The summed E-state index contributed by atoms with van der Waals surface area (Å²) in [7, 11) is 1.63. The van der Waals surface area contributed by atoms with Gasteiger partial charge in [0.1, 0.15) is 5.82 Å². The molecule has 1 aliphatic rings. The van der Waals surface area contributed by atoms with E-state index < -0.39 is 11.2 Å². The van der Waals surface area contributed by atoms with Crippen LogP contribution >= 0.6 is 12.4 Å². The second-order valence-electron chi connectivity index (χ2n) is 8.92. The molecule has 11 heteroatoms. The van der Waals surface area contributed by atoms with E-state index in [4.69, 9.17) is 10.7 Å². The van der Waals surface area contributed by atoms with Crippen LogP contribution in [-0.4, -0.2) is 47.8 Å². The Hall–Kier alpha value is -3.68. The minimum absolute atomic E-state index is 0. The van der Waals surface area contributed by atoms with Gasteiger partial charge in [-0.25, -0.2) is 14.8 Å². The summed E-state index contributed by atoms with van der Waals surface area (Å²) in [6.07, 6.45) is 1.88. The fourth-order valence-corrected chi connectivity index (χ4v) is 4.75. The molecule has 0 aliphatic carbocycles. The van der Waals surface area contributed by atoms with E-state index in [0.29, 0.717) is 29.5 Å². The van der Waals surface area contributed by atoms with Crippen molar-refractivity contribution in [3.63, 3.8) is 0 Å². The number of aryl methyl sites for hydroxylation is 2. The molecule has 1 unspecified atom stereocenters. The molecule has 4 aromatic rings. The van der Waals surface area contributed by atoms with Crippen molar-refractivity contribution in [2.75, 3.05) is 18.0 Å². The number of fused-ring (bicyclic) bond motifs is 2. The van der Waals surface area contributed by atoms with E-state index in [-0.39, 0.29) is 31.5 Å². The lowest BCUT2D eigenvalue weighted by Crippen LogP contribution is -2.44. The van der Waals surface area contributed by atoms with Crippen LogP contribution < -0.4 is 21.9 Å². The van der Waals surface area contributed by atoms with Crippen molar-refractivity contribution in [1.82, 2.24) is 28.7 Å². The topological polar surface area (TPSA) is 117 Å². The Kier molecular flexibility index (Phi) is 7.15. The van der Waals surface area contributed by atoms with E-state index in [9.17, 15) is 9.59 Å². The highest BCUT2D eigenvalue weighted by Gasteiger charge is 2.26. The summed E-state index contributed by atoms with van der Waals surface area (Å²) in [6, 6.07) is 7.71. The predicted molar refractivity (Wildman–Crippen MR) is 143 cm³/mol. The third-order valence-corrected chi connectivity index (χ3v) is 6.51. The average Bonchev–Trinajstić information content (AvgIpc) is 3.24. The van der Waals surface area contributed by atoms with Crippen LogP contribution in [0.2, 0.25) is 0 Å². The monoisotopic (exact) mass is 508 g/mol. The van der Waals surface area contributed by atoms with Gasteiger partial charge in [-0.15, -0.1) is 18.3 Å². The van der Waals surface area contributed by atoms with E-state index in [2.05, 4.69) is 26.7 Å². The number of anilines is 1. The van der Waals surface area contributed by atoms with E-state index in [1.165, 1.54) is 9.13 Å². The first-order valence-electron chi connectivity index (χ1n) is 11.7. The number of rotatable bonds is 4. The molecule has 0 radical (unpaired) electrons. The van der Waals surface area contributed by atoms with E-state index in [0.717, 1.165) is 36.0 Å². The fraction of sp³-hybridized carbons (Fsp3) is 0.400. The summed E-state index contributed by atoms with van der Waals surface area (Å²) in [4.78, 5) is 43.0. The molecule has 0 spiro atoms. The van der Waals surface area contributed by atoms with Crippen LogP contribution in [0.15, 0.2) is 33.9 Å². The van der Waals surface area contributed by atoms with Crippen LogP contribution in [0.25, 0.3) is 22.1 Å². The van der Waals surface area contributed by atoms with Gasteiger partial charge in [-0.3, -0.25) is 18.5 Å². The van der Waals surface area contributed by atoms with E-state index >= 15 is 0 Å². The third-order valence-electron chi connectivity index (χ3n) is 6.51. The molecule has 2 N–H and O–H groups in total. The Morgan fingerprint density at radius 2 is 1.92 bits per heavy atom. The average molecular weight is 509 g/mol. The first-order valence-corrected chi connectivity index (χ1v) is 11.7. The predicted octanol–water partition coefficient (Wildman–Crippen LogP) is 1.57. The number of imidazole rings is 1. The number of hydrogen-bond donors (Lipinski definition) is 1. The number of aromatic nitrogens is 6. The molecule has 3 aromatic heterocycles. The third kappa shape index (κ3) is 4.36. The molecule has 1 aliphatic heterocycles. The standard InChI is InChI=1S/C25H28N8O2.ClH/c1-4-5-13-32-21-22(29-24(32)31-12-8-9-17(26)14-31)30(3)25(35)33(23(21)34)15-20-27-16(2)18-10-6-7-11-19(18)28-20;/h6-7,10-11,17H,8-9,12-15,26H2,1-3H3;1H. The smallest absolute Gasteiger partial charge is 0.332 e. The number of hydrogen-bond acceptors (Lipinski definition) is 7. The van der Waals surface area contributed by atoms with Gasteiger partial charge in [-0.1, -0.05) is 24.1 Å². The van der Waals surface area contributed by atoms with Crippen molar-refractivity contribution in [1.29, 1.82) is 0 Å². The number of para-hydroxylation sites is 1. The number of nitrogens with zero attached hydrogens (tertiary/aromatic N) is 7. The number of halogens is 1. The molecule has 5 rings (SSSR count). The second-order valence-corrected chi connectivity index (χ2v) is 8.92. The minimum atomic E-state index is -0.468. The van der Waals surface area contributed by atoms with Crippen molar-refractivity contribution >= 4 is 40.4 Å². The SMILES string of the molecule is CC#CCn1c(N2CCCC(N)C2)nc2c1c(=O)n(Cc1nc(C)c3ccccc3n1)c(=O)n2C.Cl. The Morgan fingerprint density at radius 1 is 1.14 bits per heavy atom. The zero-order chi connectivity index (χ0) is 24.7. The van der Waals surface area contributed by atoms with Crippen LogP contribution in [-0.2, 0) is 20.1 Å². The first kappa shape index (κ1) is 25.4. The first-order chi connectivity index (χ1) is 16.9. The van der Waals surface area contributed by atoms with Crippen molar-refractivity contribution < 1.29 is 0 Å². The normalized spacial score (nSPS) is 15.6. The van der Waals surface area contributed by atoms with Gasteiger partial charge in [0, 0.05) is 37.3 Å². The zero-order valence-corrected chi connectivity index (χ0v) is 21.4. The molecule has 1 fully saturated rings. The highest BCUT2D eigenvalue weighted by molar-refractivity contribution is 5.85. The lowest BCUT2D eigenvalue weighted by Gasteiger charge is -2.31. The number of benzene rings is 1. The summed E-state index contributed by atoms with van der Waals surface area (Å²) in [6.45, 7) is 5.31. The van der Waals surface area contributed by atoms with Gasteiger partial charge in [0.25, 0.3) is 5.56 Å². The Morgan fingerprint density at radius 3 is 2.67 bits per heavy atom. The quantitative estimate of drug-likeness (QED) is 0.416. The summed E-state index contributed by atoms with van der Waals surface area (Å²) in [5, 5.41) is 0.938. The molecule has 0 amide bonds. The Bertz CT molecular complexity index is 1630. The van der Waals surface area contributed by atoms with Gasteiger partial charge < -0.3 is 10.6 Å². The molecular formula is C25H29ClN8O2. The summed E-state index contributed by atoms with van der Waals surface area (Å²) in [5.41, 5.74) is 7.54. The van der Waals surface area contributed by atoms with Gasteiger partial charge in [0.05, 0.1) is 18.6 Å². The summed E-state index contributed by atoms with van der Waals surface area (Å²) < 4.78 is 4.39. The molecule has 1 atom stereocenters. The van der Waals surface area contributed by atoms with Gasteiger partial charge in [-0.05, 0) is 32.8 Å². The maximum atomic E-state index is 13.7. The maximum Gasteiger partial charge on any atom is 0.332 e. The summed E-state index contributed by atoms with van der Waals surface area (Å²) >= 11 is 0. The maximum absolute atomic E-state index is 13.7. The molecular weight excluding hydrogens is 480 g/mol. The van der Waals surface area contributed by atoms with Crippen LogP contribution in [0, 0.1) is 18.8 Å². The Labute approximate surface area is 214 Å². The van der Waals surface area contributed by atoms with Gasteiger partial charge in [0.2, 0.25) is 5.95 Å². The van der Waals surface area contributed by atoms with Crippen LogP contribution in [0.4, 0.5) is 5.95 Å². The van der Waals surface area contributed by atoms with Crippen molar-refractivity contribution in [2.45, 2.75) is 45.8 Å². The zero-order valence-electron chi connectivity index (χ0n) is 20.6. The second kappa shape index (κ2) is 10.1. The van der Waals surface area contributed by atoms with E-state index in [1.54, 1.807) is 18.5 Å².